The van der Waals surface area contributed by atoms with Gasteiger partial charge in [0.25, 0.3) is 0 Å². The van der Waals surface area contributed by atoms with Gasteiger partial charge in [-0.3, -0.25) is 9.59 Å². The predicted molar refractivity (Wildman–Crippen MR) is 77.1 cm³/mol. The first-order valence-electron chi connectivity index (χ1n) is 6.77. The van der Waals surface area contributed by atoms with Crippen molar-refractivity contribution in [3.05, 3.63) is 34.9 Å². The zero-order valence-corrected chi connectivity index (χ0v) is 12.2. The van der Waals surface area contributed by atoms with Gasteiger partial charge in [0.05, 0.1) is 0 Å². The lowest BCUT2D eigenvalue weighted by atomic mass is 9.99. The molecule has 0 saturated carbocycles. The van der Waals surface area contributed by atoms with E-state index in [0.717, 1.165) is 16.7 Å². The summed E-state index contributed by atoms with van der Waals surface area (Å²) in [5, 5.41) is 0. The Hall–Kier alpha value is -1.88. The van der Waals surface area contributed by atoms with Crippen molar-refractivity contribution >= 4 is 11.8 Å². The summed E-state index contributed by atoms with van der Waals surface area (Å²) < 4.78 is 0. The van der Waals surface area contributed by atoms with Gasteiger partial charge in [0.15, 0.2) is 0 Å². The third kappa shape index (κ3) is 2.82. The summed E-state index contributed by atoms with van der Waals surface area (Å²) in [5.74, 6) is -0.913. The Balaban J connectivity index is 2.11. The van der Waals surface area contributed by atoms with Crippen LogP contribution in [0.15, 0.2) is 18.2 Å². The molecular weight excluding hydrogens is 254 g/mol. The van der Waals surface area contributed by atoms with Crippen LogP contribution in [0.25, 0.3) is 0 Å². The van der Waals surface area contributed by atoms with Gasteiger partial charge < -0.3 is 15.5 Å². The van der Waals surface area contributed by atoms with Crippen molar-refractivity contribution in [2.75, 3.05) is 26.7 Å². The zero-order chi connectivity index (χ0) is 14.9. The van der Waals surface area contributed by atoms with Crippen molar-refractivity contribution < 1.29 is 9.59 Å². The van der Waals surface area contributed by atoms with Gasteiger partial charge in [0, 0.05) is 32.7 Å². The first kappa shape index (κ1) is 14.5. The number of amides is 2. The lowest BCUT2D eigenvalue weighted by molar-refractivity contribution is -0.155. The largest absolute Gasteiger partial charge is 0.336 e. The molecule has 1 saturated heterocycles. The van der Waals surface area contributed by atoms with Crippen LogP contribution in [0.2, 0.25) is 0 Å². The second-order valence-electron chi connectivity index (χ2n) is 5.44. The van der Waals surface area contributed by atoms with Crippen LogP contribution in [0.5, 0.6) is 0 Å². The van der Waals surface area contributed by atoms with E-state index >= 15 is 0 Å². The average molecular weight is 275 g/mol. The molecule has 1 aromatic rings. The fraction of sp³-hybridized carbons (Fsp3) is 0.467. The molecule has 2 N–H and O–H groups in total. The van der Waals surface area contributed by atoms with Crippen LogP contribution in [0.4, 0.5) is 0 Å². The van der Waals surface area contributed by atoms with E-state index in [9.17, 15) is 9.59 Å². The van der Waals surface area contributed by atoms with E-state index in [0.29, 0.717) is 19.6 Å². The fourth-order valence-electron chi connectivity index (χ4n) is 2.44. The molecule has 1 unspecified atom stereocenters. The maximum Gasteiger partial charge on any atom is 0.312 e. The van der Waals surface area contributed by atoms with Crippen molar-refractivity contribution in [2.24, 2.45) is 5.73 Å². The highest BCUT2D eigenvalue weighted by molar-refractivity contribution is 6.35. The first-order valence-corrected chi connectivity index (χ1v) is 6.77. The number of nitrogens with two attached hydrogens (primary N) is 1. The number of carbonyl (C=O) groups is 2. The van der Waals surface area contributed by atoms with Gasteiger partial charge in [-0.2, -0.15) is 0 Å². The molecule has 1 atom stereocenters. The minimum absolute atomic E-state index is 0.268. The second kappa shape index (κ2) is 5.63. The van der Waals surface area contributed by atoms with E-state index < -0.39 is 11.8 Å². The number of hydrogen-bond acceptors (Lipinski definition) is 3. The highest BCUT2D eigenvalue weighted by Crippen LogP contribution is 2.19. The molecule has 1 aromatic carbocycles. The van der Waals surface area contributed by atoms with Crippen LogP contribution < -0.4 is 5.73 Å². The molecule has 0 aromatic heterocycles. The van der Waals surface area contributed by atoms with Crippen LogP contribution in [0.1, 0.15) is 22.7 Å². The number of piperazine rings is 1. The van der Waals surface area contributed by atoms with Crippen molar-refractivity contribution in [1.29, 1.82) is 0 Å². The first-order chi connectivity index (χ1) is 9.40. The summed E-state index contributed by atoms with van der Waals surface area (Å²) in [6.07, 6.45) is 0. The van der Waals surface area contributed by atoms with Crippen molar-refractivity contribution in [1.82, 2.24) is 9.80 Å². The molecule has 1 heterocycles. The van der Waals surface area contributed by atoms with E-state index in [1.807, 2.05) is 32.0 Å². The van der Waals surface area contributed by atoms with E-state index in [1.54, 1.807) is 11.9 Å². The summed E-state index contributed by atoms with van der Waals surface area (Å²) in [4.78, 5) is 26.6. The van der Waals surface area contributed by atoms with Gasteiger partial charge in [-0.25, -0.2) is 0 Å². The molecule has 5 heteroatoms. The second-order valence-corrected chi connectivity index (χ2v) is 5.44. The van der Waals surface area contributed by atoms with Crippen molar-refractivity contribution in [3.8, 4) is 0 Å². The summed E-state index contributed by atoms with van der Waals surface area (Å²) in [6, 6.07) is 5.84. The maximum absolute atomic E-state index is 11.9. The SMILES string of the molecule is Cc1ccc(C)c(C(N)CN2CCN(C)C(=O)C2=O)c1. The molecule has 0 bridgehead atoms. The van der Waals surface area contributed by atoms with Crippen LogP contribution >= 0.6 is 0 Å². The number of carbonyl (C=O) groups excluding carboxylic acids is 2. The molecule has 5 nitrogen and oxygen atoms in total. The molecule has 108 valence electrons. The number of aryl methyl sites for hydroxylation is 2. The fourth-order valence-corrected chi connectivity index (χ4v) is 2.44. The summed E-state index contributed by atoms with van der Waals surface area (Å²) in [7, 11) is 1.64. The van der Waals surface area contributed by atoms with Crippen LogP contribution in [-0.2, 0) is 9.59 Å². The van der Waals surface area contributed by atoms with Gasteiger partial charge in [0.2, 0.25) is 0 Å². The molecule has 0 aliphatic carbocycles. The smallest absolute Gasteiger partial charge is 0.312 e. The van der Waals surface area contributed by atoms with Gasteiger partial charge >= 0.3 is 11.8 Å². The Morgan fingerprint density at radius 1 is 1.20 bits per heavy atom. The Bertz CT molecular complexity index is 542. The van der Waals surface area contributed by atoms with E-state index in [-0.39, 0.29) is 6.04 Å². The topological polar surface area (TPSA) is 66.6 Å². The van der Waals surface area contributed by atoms with Gasteiger partial charge in [-0.05, 0) is 25.0 Å². The molecule has 1 aliphatic heterocycles. The number of hydrogen-bond donors (Lipinski definition) is 1. The van der Waals surface area contributed by atoms with Crippen LogP contribution in [0, 0.1) is 13.8 Å². The van der Waals surface area contributed by atoms with Gasteiger partial charge in [0.1, 0.15) is 0 Å². The normalized spacial score (nSPS) is 17.6. The lowest BCUT2D eigenvalue weighted by Crippen LogP contribution is -2.54. The van der Waals surface area contributed by atoms with Crippen LogP contribution in [-0.4, -0.2) is 48.3 Å². The van der Waals surface area contributed by atoms with Crippen LogP contribution in [0.3, 0.4) is 0 Å². The Kier molecular flexibility index (Phi) is 4.09. The number of nitrogens with zero attached hydrogens (tertiary/aromatic N) is 2. The van der Waals surface area contributed by atoms with E-state index in [1.165, 1.54) is 4.90 Å². The van der Waals surface area contributed by atoms with Crippen molar-refractivity contribution in [3.63, 3.8) is 0 Å². The highest BCUT2D eigenvalue weighted by Gasteiger charge is 2.31. The molecule has 1 fully saturated rings. The molecule has 2 amide bonds. The van der Waals surface area contributed by atoms with E-state index in [4.69, 9.17) is 5.73 Å². The third-order valence-electron chi connectivity index (χ3n) is 3.77. The van der Waals surface area contributed by atoms with E-state index in [2.05, 4.69) is 0 Å². The summed E-state index contributed by atoms with van der Waals surface area (Å²) >= 11 is 0. The molecular formula is C15H21N3O2. The number of likely N-dealkylation sites (N-methyl/N-ethyl adjacent to an activating group) is 1. The van der Waals surface area contributed by atoms with Gasteiger partial charge in [-0.1, -0.05) is 23.8 Å². The summed E-state index contributed by atoms with van der Waals surface area (Å²) in [6.45, 7) is 5.50. The quantitative estimate of drug-likeness (QED) is 0.822. The number of rotatable bonds is 3. The molecule has 20 heavy (non-hydrogen) atoms. The average Bonchev–Trinajstić information content (AvgIpc) is 2.42. The molecule has 0 radical (unpaired) electrons. The van der Waals surface area contributed by atoms with Gasteiger partial charge in [-0.15, -0.1) is 0 Å². The Labute approximate surface area is 119 Å². The molecule has 1 aliphatic rings. The molecule has 0 spiro atoms. The number of benzene rings is 1. The minimum Gasteiger partial charge on any atom is -0.336 e. The zero-order valence-electron chi connectivity index (χ0n) is 12.2. The minimum atomic E-state index is -0.459. The highest BCUT2D eigenvalue weighted by atomic mass is 16.2. The standard InChI is InChI=1S/C15H21N3O2/c1-10-4-5-11(2)12(8-10)13(16)9-18-7-6-17(3)14(19)15(18)20/h4-5,8,13H,6-7,9,16H2,1-3H3. The molecule has 2 rings (SSSR count). The van der Waals surface area contributed by atoms with Crippen molar-refractivity contribution in [2.45, 2.75) is 19.9 Å². The lowest BCUT2D eigenvalue weighted by Gasteiger charge is -2.33. The Morgan fingerprint density at radius 2 is 1.90 bits per heavy atom. The monoisotopic (exact) mass is 275 g/mol. The maximum atomic E-state index is 11.9. The Morgan fingerprint density at radius 3 is 2.60 bits per heavy atom. The summed E-state index contributed by atoms with van der Waals surface area (Å²) in [5.41, 5.74) is 9.50. The predicted octanol–water partition coefficient (Wildman–Crippen LogP) is 0.604. The third-order valence-corrected chi connectivity index (χ3v) is 3.77.